The molecule has 4 rings (SSSR count). The maximum atomic E-state index is 13.5. The van der Waals surface area contributed by atoms with Crippen LogP contribution in [0.2, 0.25) is 0 Å². The van der Waals surface area contributed by atoms with Crippen LogP contribution in [-0.4, -0.2) is 94.6 Å². The number of piperidine rings is 1. The molecule has 3 aliphatic heterocycles. The molecule has 1 aromatic carbocycles. The highest BCUT2D eigenvalue weighted by molar-refractivity contribution is 5.96. The molecule has 0 spiro atoms. The van der Waals surface area contributed by atoms with Crippen molar-refractivity contribution in [3.8, 4) is 5.75 Å². The number of halogens is 3. The zero-order valence-electron chi connectivity index (χ0n) is 25.8. The van der Waals surface area contributed by atoms with E-state index in [0.717, 1.165) is 44.1 Å². The van der Waals surface area contributed by atoms with Crippen LogP contribution in [0.1, 0.15) is 50.2 Å². The van der Waals surface area contributed by atoms with Gasteiger partial charge in [0.1, 0.15) is 11.4 Å². The van der Waals surface area contributed by atoms with Gasteiger partial charge in [0.25, 0.3) is 11.9 Å². The lowest BCUT2D eigenvalue weighted by molar-refractivity contribution is -0.274. The summed E-state index contributed by atoms with van der Waals surface area (Å²) in [6.07, 6.45) is 1.24. The lowest BCUT2D eigenvalue weighted by Gasteiger charge is -2.38. The van der Waals surface area contributed by atoms with E-state index in [9.17, 15) is 18.0 Å². The molecule has 1 amide bonds. The molecule has 11 nitrogen and oxygen atoms in total. The van der Waals surface area contributed by atoms with Crippen LogP contribution in [0.15, 0.2) is 53.3 Å². The van der Waals surface area contributed by atoms with Crippen molar-refractivity contribution in [1.29, 1.82) is 0 Å². The third kappa shape index (κ3) is 10.6. The fraction of sp³-hybridized carbons (Fsp3) is 0.613. The van der Waals surface area contributed by atoms with E-state index in [1.54, 1.807) is 30.2 Å². The molecule has 1 aromatic rings. The number of aliphatic imine (C=N–C) groups is 1. The van der Waals surface area contributed by atoms with Crippen LogP contribution >= 0.6 is 0 Å². The first-order valence-electron chi connectivity index (χ1n) is 15.2. The number of nitrogens with two attached hydrogens (primary N) is 1. The van der Waals surface area contributed by atoms with Gasteiger partial charge in [0.2, 0.25) is 0 Å². The monoisotopic (exact) mass is 639 g/mol. The average Bonchev–Trinajstić information content (AvgIpc) is 3.03. The average molecular weight is 640 g/mol. The molecule has 0 bridgehead atoms. The Morgan fingerprint density at radius 3 is 2.56 bits per heavy atom. The van der Waals surface area contributed by atoms with Crippen LogP contribution in [0.4, 0.5) is 13.2 Å². The Balaban J connectivity index is 1.30. The van der Waals surface area contributed by atoms with E-state index >= 15 is 0 Å². The van der Waals surface area contributed by atoms with Crippen LogP contribution in [0.3, 0.4) is 0 Å². The molecule has 0 radical (unpaired) electrons. The number of methoxy groups -OCH3 is 2. The molecular weight excluding hydrogens is 595 g/mol. The van der Waals surface area contributed by atoms with Gasteiger partial charge in [-0.3, -0.25) is 4.79 Å². The van der Waals surface area contributed by atoms with Gasteiger partial charge in [-0.2, -0.15) is 4.99 Å². The SMILES string of the molecule is C=C(/C=C(\N=C(/N)OC)C(=O)N1CCC(N[C@@H]2CCOC[C@@H]2OC)CC1)NC[C@H]1CCC[C@@H](c2ccc(OC(F)(F)F)cc2)O1. The second-order valence-electron chi connectivity index (χ2n) is 11.4. The zero-order valence-corrected chi connectivity index (χ0v) is 25.8. The molecule has 0 saturated carbocycles. The molecule has 0 aromatic heterocycles. The van der Waals surface area contributed by atoms with E-state index in [0.29, 0.717) is 38.5 Å². The van der Waals surface area contributed by atoms with Crippen molar-refractivity contribution in [2.45, 2.75) is 75.3 Å². The summed E-state index contributed by atoms with van der Waals surface area (Å²) >= 11 is 0. The molecule has 4 atom stereocenters. The van der Waals surface area contributed by atoms with Crippen molar-refractivity contribution in [3.63, 3.8) is 0 Å². The summed E-state index contributed by atoms with van der Waals surface area (Å²) < 4.78 is 63.7. The number of rotatable bonds is 11. The van der Waals surface area contributed by atoms with E-state index in [1.165, 1.54) is 19.2 Å². The van der Waals surface area contributed by atoms with E-state index in [1.807, 2.05) is 0 Å². The Kier molecular flexibility index (Phi) is 12.5. The predicted octanol–water partition coefficient (Wildman–Crippen LogP) is 3.53. The summed E-state index contributed by atoms with van der Waals surface area (Å²) in [6, 6.07) is 6.07. The fourth-order valence-electron chi connectivity index (χ4n) is 5.79. The first-order valence-corrected chi connectivity index (χ1v) is 15.2. The van der Waals surface area contributed by atoms with Crippen molar-refractivity contribution in [3.05, 3.63) is 53.9 Å². The Morgan fingerprint density at radius 1 is 1.16 bits per heavy atom. The number of allylic oxidation sites excluding steroid dienone is 1. The highest BCUT2D eigenvalue weighted by Gasteiger charge is 2.32. The molecule has 14 heteroatoms. The number of nitrogens with zero attached hydrogens (tertiary/aromatic N) is 2. The van der Waals surface area contributed by atoms with E-state index in [-0.39, 0.29) is 53.8 Å². The number of benzene rings is 1. The molecule has 45 heavy (non-hydrogen) atoms. The van der Waals surface area contributed by atoms with Gasteiger partial charge in [-0.05, 0) is 62.3 Å². The number of hydrogen-bond donors (Lipinski definition) is 3. The quantitative estimate of drug-likeness (QED) is 0.144. The maximum absolute atomic E-state index is 13.5. The summed E-state index contributed by atoms with van der Waals surface area (Å²) in [5.41, 5.74) is 7.15. The Labute approximate surface area is 261 Å². The smallest absolute Gasteiger partial charge is 0.469 e. The van der Waals surface area contributed by atoms with Crippen LogP contribution in [0.25, 0.3) is 0 Å². The third-order valence-corrected chi connectivity index (χ3v) is 8.20. The second kappa shape index (κ2) is 16.3. The number of alkyl halides is 3. The first kappa shape index (κ1) is 34.5. The van der Waals surface area contributed by atoms with Gasteiger partial charge in [-0.25, -0.2) is 0 Å². The normalized spacial score (nSPS) is 25.5. The van der Waals surface area contributed by atoms with Crippen molar-refractivity contribution >= 4 is 11.9 Å². The third-order valence-electron chi connectivity index (χ3n) is 8.20. The van der Waals surface area contributed by atoms with Crippen LogP contribution in [0, 0.1) is 0 Å². The summed E-state index contributed by atoms with van der Waals surface area (Å²) in [5.74, 6) is -0.550. The number of nitrogens with one attached hydrogen (secondary N) is 2. The first-order chi connectivity index (χ1) is 21.5. The van der Waals surface area contributed by atoms with Gasteiger partial charge in [-0.15, -0.1) is 13.2 Å². The van der Waals surface area contributed by atoms with E-state index in [4.69, 9.17) is 24.7 Å². The highest BCUT2D eigenvalue weighted by Crippen LogP contribution is 2.33. The molecule has 3 fully saturated rings. The number of amidine groups is 1. The molecular formula is C31H44F3N5O6. The van der Waals surface area contributed by atoms with Gasteiger partial charge in [0, 0.05) is 51.1 Å². The van der Waals surface area contributed by atoms with Gasteiger partial charge in [0.15, 0.2) is 0 Å². The summed E-state index contributed by atoms with van der Waals surface area (Å²) in [4.78, 5) is 19.5. The number of likely N-dealkylation sites (tertiary alicyclic amines) is 1. The maximum Gasteiger partial charge on any atom is 0.573 e. The lowest BCUT2D eigenvalue weighted by atomic mass is 9.98. The Hall–Kier alpha value is -3.33. The molecule has 250 valence electrons. The minimum Gasteiger partial charge on any atom is -0.469 e. The van der Waals surface area contributed by atoms with E-state index in [2.05, 4.69) is 26.9 Å². The minimum atomic E-state index is -4.74. The number of ether oxygens (including phenoxy) is 5. The largest absolute Gasteiger partial charge is 0.573 e. The second-order valence-corrected chi connectivity index (χ2v) is 11.4. The predicted molar refractivity (Wildman–Crippen MR) is 161 cm³/mol. The van der Waals surface area contributed by atoms with E-state index < -0.39 is 6.36 Å². The minimum absolute atomic E-state index is 0.0102. The molecule has 3 heterocycles. The van der Waals surface area contributed by atoms with Crippen LogP contribution < -0.4 is 21.1 Å². The fourth-order valence-corrected chi connectivity index (χ4v) is 5.79. The molecule has 3 aliphatic rings. The topological polar surface area (TPSA) is 129 Å². The van der Waals surface area contributed by atoms with Crippen LogP contribution in [-0.2, 0) is 23.7 Å². The number of carbonyl (C=O) groups is 1. The number of carbonyl (C=O) groups excluding carboxylic acids is 1. The molecule has 4 N–H and O–H groups in total. The number of amides is 1. The Bertz CT molecular complexity index is 1190. The van der Waals surface area contributed by atoms with Crippen molar-refractivity contribution < 1.29 is 41.7 Å². The molecule has 3 saturated heterocycles. The summed E-state index contributed by atoms with van der Waals surface area (Å²) in [7, 11) is 3.07. The highest BCUT2D eigenvalue weighted by atomic mass is 19.4. The van der Waals surface area contributed by atoms with Crippen molar-refractivity contribution in [2.24, 2.45) is 10.7 Å². The van der Waals surface area contributed by atoms with Gasteiger partial charge in [-0.1, -0.05) is 18.7 Å². The standard InChI is InChI=1S/C31H44F3N5O6/c1-20(36-18-24-5-4-6-27(44-24)21-7-9-23(10-8-21)45-31(32,33)34)17-26(38-30(35)42-3)29(40)39-14-11-22(12-15-39)37-25-13-16-43-19-28(25)41-2/h7-10,17,22,24-25,27-28,36-37H,1,4-6,11-16,18-19H2,2-3H3,(H2,35,38)/b26-17-/t24-,25-,27+,28+/m1/s1. The zero-order chi connectivity index (χ0) is 32.4. The summed E-state index contributed by atoms with van der Waals surface area (Å²) in [5, 5.41) is 6.89. The van der Waals surface area contributed by atoms with Crippen LogP contribution in [0.5, 0.6) is 5.75 Å². The lowest BCUT2D eigenvalue weighted by Crippen LogP contribution is -2.54. The van der Waals surface area contributed by atoms with Crippen molar-refractivity contribution in [2.75, 3.05) is 47.1 Å². The Morgan fingerprint density at radius 2 is 1.89 bits per heavy atom. The van der Waals surface area contributed by atoms with Gasteiger partial charge >= 0.3 is 6.36 Å². The van der Waals surface area contributed by atoms with Crippen molar-refractivity contribution in [1.82, 2.24) is 15.5 Å². The van der Waals surface area contributed by atoms with Gasteiger partial charge < -0.3 is 45.0 Å². The van der Waals surface area contributed by atoms with Gasteiger partial charge in [0.05, 0.1) is 32.0 Å². The number of hydrogen-bond acceptors (Lipinski definition) is 9. The molecule has 0 unspecified atom stereocenters. The summed E-state index contributed by atoms with van der Waals surface area (Å²) in [6.45, 7) is 6.84. The molecule has 0 aliphatic carbocycles.